The molecule has 0 bridgehead atoms. The van der Waals surface area contributed by atoms with Crippen molar-refractivity contribution in [1.29, 1.82) is 0 Å². The maximum absolute atomic E-state index is 11.5. The number of rotatable bonds is 3. The average Bonchev–Trinajstić information content (AvgIpc) is 2.17. The first kappa shape index (κ1) is 11.5. The van der Waals surface area contributed by atoms with Crippen LogP contribution in [-0.2, 0) is 10.0 Å². The molecule has 82 valence electrons. The molecule has 1 rings (SSSR count). The van der Waals surface area contributed by atoms with Gasteiger partial charge in [0.2, 0.25) is 15.9 Å². The van der Waals surface area contributed by atoms with Gasteiger partial charge in [-0.15, -0.1) is 0 Å². The van der Waals surface area contributed by atoms with Crippen molar-refractivity contribution in [1.82, 2.24) is 4.72 Å². The van der Waals surface area contributed by atoms with Crippen molar-refractivity contribution < 1.29 is 13.2 Å². The molecule has 0 saturated heterocycles. The van der Waals surface area contributed by atoms with E-state index in [1.165, 1.54) is 19.2 Å². The minimum absolute atomic E-state index is 0.0642. The van der Waals surface area contributed by atoms with Crippen LogP contribution in [0, 0.1) is 0 Å². The van der Waals surface area contributed by atoms with Gasteiger partial charge < -0.3 is 11.5 Å². The molecule has 1 aromatic rings. The van der Waals surface area contributed by atoms with Crippen LogP contribution in [-0.4, -0.2) is 21.4 Å². The van der Waals surface area contributed by atoms with Crippen molar-refractivity contribution in [3.8, 4) is 0 Å². The monoisotopic (exact) mass is 229 g/mol. The summed E-state index contributed by atoms with van der Waals surface area (Å²) >= 11 is 0. The molecule has 0 heterocycles. The van der Waals surface area contributed by atoms with E-state index in [9.17, 15) is 13.2 Å². The molecule has 7 heteroatoms. The fourth-order valence-corrected chi connectivity index (χ4v) is 1.91. The molecule has 5 N–H and O–H groups in total. The lowest BCUT2D eigenvalue weighted by Gasteiger charge is -2.06. The first-order valence-corrected chi connectivity index (χ1v) is 5.49. The highest BCUT2D eigenvalue weighted by atomic mass is 32.2. The predicted octanol–water partition coefficient (Wildman–Crippen LogP) is -0.724. The molecule has 0 spiro atoms. The Morgan fingerprint density at radius 1 is 1.40 bits per heavy atom. The van der Waals surface area contributed by atoms with E-state index in [1.807, 2.05) is 0 Å². The predicted molar refractivity (Wildman–Crippen MR) is 55.6 cm³/mol. The molecule has 0 aliphatic carbocycles. The Morgan fingerprint density at radius 3 is 2.47 bits per heavy atom. The van der Waals surface area contributed by atoms with Gasteiger partial charge in [-0.2, -0.15) is 0 Å². The number of amides is 1. The zero-order chi connectivity index (χ0) is 11.6. The molecule has 0 aromatic heterocycles. The third-order valence-electron chi connectivity index (χ3n) is 1.86. The zero-order valence-corrected chi connectivity index (χ0v) is 8.84. The topological polar surface area (TPSA) is 115 Å². The third kappa shape index (κ3) is 2.25. The van der Waals surface area contributed by atoms with Gasteiger partial charge in [0, 0.05) is 5.56 Å². The van der Waals surface area contributed by atoms with Crippen LogP contribution in [0.5, 0.6) is 0 Å². The lowest BCUT2D eigenvalue weighted by atomic mass is 10.2. The van der Waals surface area contributed by atoms with Crippen LogP contribution in [0.3, 0.4) is 0 Å². The molecular formula is C8H11N3O3S. The quantitative estimate of drug-likeness (QED) is 0.593. The summed E-state index contributed by atoms with van der Waals surface area (Å²) in [6, 6.07) is 3.83. The Kier molecular flexibility index (Phi) is 2.96. The molecule has 1 amide bonds. The van der Waals surface area contributed by atoms with Crippen LogP contribution < -0.4 is 16.2 Å². The number of nitrogen functional groups attached to an aromatic ring is 1. The van der Waals surface area contributed by atoms with Crippen LogP contribution in [0.4, 0.5) is 5.69 Å². The van der Waals surface area contributed by atoms with E-state index in [1.54, 1.807) is 0 Å². The normalized spacial score (nSPS) is 11.3. The Morgan fingerprint density at radius 2 is 2.00 bits per heavy atom. The number of hydrogen-bond donors (Lipinski definition) is 3. The number of carbonyl (C=O) groups excluding carboxylic acids is 1. The Bertz CT molecular complexity index is 496. The molecule has 1 aromatic carbocycles. The standard InChI is InChI=1S/C8H11N3O3S/c1-11-15(13,14)7-4-5(8(10)12)2-3-6(7)9/h2-4,11H,9H2,1H3,(H2,10,12). The second kappa shape index (κ2) is 3.87. The number of anilines is 1. The van der Waals surface area contributed by atoms with Crippen molar-refractivity contribution in [2.75, 3.05) is 12.8 Å². The molecule has 0 aliphatic rings. The van der Waals surface area contributed by atoms with Gasteiger partial charge in [0.25, 0.3) is 0 Å². The maximum atomic E-state index is 11.5. The lowest BCUT2D eigenvalue weighted by Crippen LogP contribution is -2.21. The fourth-order valence-electron chi connectivity index (χ4n) is 1.03. The number of benzene rings is 1. The number of nitrogens with one attached hydrogen (secondary N) is 1. The van der Waals surface area contributed by atoms with Crippen LogP contribution in [0.1, 0.15) is 10.4 Å². The van der Waals surface area contributed by atoms with Gasteiger partial charge in [-0.05, 0) is 25.2 Å². The number of hydrogen-bond acceptors (Lipinski definition) is 4. The highest BCUT2D eigenvalue weighted by Crippen LogP contribution is 2.19. The highest BCUT2D eigenvalue weighted by molar-refractivity contribution is 7.89. The number of sulfonamides is 1. The molecule has 0 saturated carbocycles. The van der Waals surface area contributed by atoms with E-state index in [4.69, 9.17) is 11.5 Å². The molecule has 15 heavy (non-hydrogen) atoms. The van der Waals surface area contributed by atoms with Crippen molar-refractivity contribution in [3.63, 3.8) is 0 Å². The van der Waals surface area contributed by atoms with E-state index in [0.717, 1.165) is 6.07 Å². The Balaban J connectivity index is 3.42. The van der Waals surface area contributed by atoms with E-state index in [2.05, 4.69) is 4.72 Å². The van der Waals surface area contributed by atoms with E-state index in [-0.39, 0.29) is 16.1 Å². The van der Waals surface area contributed by atoms with Gasteiger partial charge in [0.1, 0.15) is 4.90 Å². The smallest absolute Gasteiger partial charge is 0.248 e. The summed E-state index contributed by atoms with van der Waals surface area (Å²) in [4.78, 5) is 10.7. The summed E-state index contributed by atoms with van der Waals surface area (Å²) in [6.07, 6.45) is 0. The summed E-state index contributed by atoms with van der Waals surface area (Å²) in [5.74, 6) is -0.706. The zero-order valence-electron chi connectivity index (χ0n) is 8.02. The van der Waals surface area contributed by atoms with E-state index < -0.39 is 15.9 Å². The van der Waals surface area contributed by atoms with Gasteiger partial charge in [0.15, 0.2) is 0 Å². The van der Waals surface area contributed by atoms with Gasteiger partial charge in [-0.3, -0.25) is 4.79 Å². The van der Waals surface area contributed by atoms with E-state index >= 15 is 0 Å². The second-order valence-electron chi connectivity index (χ2n) is 2.82. The number of nitrogens with two attached hydrogens (primary N) is 2. The summed E-state index contributed by atoms with van der Waals surface area (Å²) in [6.45, 7) is 0. The average molecular weight is 229 g/mol. The van der Waals surface area contributed by atoms with Crippen molar-refractivity contribution >= 4 is 21.6 Å². The van der Waals surface area contributed by atoms with Crippen molar-refractivity contribution in [2.24, 2.45) is 5.73 Å². The van der Waals surface area contributed by atoms with Crippen molar-refractivity contribution in [2.45, 2.75) is 4.90 Å². The first-order chi connectivity index (χ1) is 6.88. The summed E-state index contributed by atoms with van der Waals surface area (Å²) < 4.78 is 25.0. The SMILES string of the molecule is CNS(=O)(=O)c1cc(C(N)=O)ccc1N. The number of carbonyl (C=O) groups is 1. The Labute approximate surface area is 87.3 Å². The molecule has 6 nitrogen and oxygen atoms in total. The van der Waals surface area contributed by atoms with Gasteiger partial charge >= 0.3 is 0 Å². The fraction of sp³-hybridized carbons (Fsp3) is 0.125. The van der Waals surface area contributed by atoms with Crippen LogP contribution >= 0.6 is 0 Å². The molecular weight excluding hydrogens is 218 g/mol. The minimum Gasteiger partial charge on any atom is -0.398 e. The van der Waals surface area contributed by atoms with Crippen molar-refractivity contribution in [3.05, 3.63) is 23.8 Å². The van der Waals surface area contributed by atoms with Gasteiger partial charge in [-0.1, -0.05) is 0 Å². The van der Waals surface area contributed by atoms with Crippen LogP contribution in [0.25, 0.3) is 0 Å². The summed E-state index contributed by atoms with van der Waals surface area (Å²) in [5.41, 5.74) is 10.7. The lowest BCUT2D eigenvalue weighted by molar-refractivity contribution is 0.1000. The molecule has 0 aliphatic heterocycles. The largest absolute Gasteiger partial charge is 0.398 e. The summed E-state index contributed by atoms with van der Waals surface area (Å²) in [7, 11) is -2.41. The maximum Gasteiger partial charge on any atom is 0.248 e. The van der Waals surface area contributed by atoms with Crippen LogP contribution in [0.15, 0.2) is 23.1 Å². The van der Waals surface area contributed by atoms with E-state index in [0.29, 0.717) is 0 Å². The molecule has 0 radical (unpaired) electrons. The van der Waals surface area contributed by atoms with Gasteiger partial charge in [-0.25, -0.2) is 13.1 Å². The molecule has 0 atom stereocenters. The van der Waals surface area contributed by atoms with Crippen LogP contribution in [0.2, 0.25) is 0 Å². The highest BCUT2D eigenvalue weighted by Gasteiger charge is 2.16. The summed E-state index contributed by atoms with van der Waals surface area (Å²) in [5, 5.41) is 0. The van der Waals surface area contributed by atoms with Gasteiger partial charge in [0.05, 0.1) is 5.69 Å². The third-order valence-corrected chi connectivity index (χ3v) is 3.33. The Hall–Kier alpha value is -1.60. The minimum atomic E-state index is -3.67. The second-order valence-corrected chi connectivity index (χ2v) is 4.68. The first-order valence-electron chi connectivity index (χ1n) is 4.01. The molecule has 0 fully saturated rings. The number of primary amides is 1. The molecule has 0 unspecified atom stereocenters.